The Hall–Kier alpha value is -1.84. The van der Waals surface area contributed by atoms with Gasteiger partial charge in [0.25, 0.3) is 0 Å². The van der Waals surface area contributed by atoms with E-state index in [1.54, 1.807) is 12.1 Å². The number of hydrogen-bond donors (Lipinski definition) is 0. The van der Waals surface area contributed by atoms with Crippen molar-refractivity contribution in [3.05, 3.63) is 71.8 Å². The minimum atomic E-state index is -0.266. The van der Waals surface area contributed by atoms with E-state index in [0.717, 1.165) is 13.0 Å². The molecule has 0 aliphatic heterocycles. The summed E-state index contributed by atoms with van der Waals surface area (Å²) in [5.41, 5.74) is 1.60. The summed E-state index contributed by atoms with van der Waals surface area (Å²) in [6.07, 6.45) is 0.900. The third-order valence-corrected chi connectivity index (χ3v) is 4.17. The average molecular weight is 348 g/mol. The molecule has 3 nitrogen and oxygen atoms in total. The van der Waals surface area contributed by atoms with Crippen molar-refractivity contribution in [3.63, 3.8) is 0 Å². The molecule has 0 N–H and O–H groups in total. The molecule has 0 radical (unpaired) electrons. The van der Waals surface area contributed by atoms with Crippen LogP contribution in [0.15, 0.2) is 60.7 Å². The largest absolute Gasteiger partial charge is 0.461 e. The van der Waals surface area contributed by atoms with Crippen molar-refractivity contribution in [2.45, 2.75) is 18.8 Å². The highest BCUT2D eigenvalue weighted by molar-refractivity contribution is 5.89. The lowest BCUT2D eigenvalue weighted by Crippen LogP contribution is -2.42. The summed E-state index contributed by atoms with van der Waals surface area (Å²) < 4.78 is 5.67. The molecule has 0 bridgehead atoms. The smallest absolute Gasteiger partial charge is 0.338 e. The molecule has 0 aromatic heterocycles. The molecule has 0 amide bonds. The van der Waals surface area contributed by atoms with Gasteiger partial charge in [0.2, 0.25) is 0 Å². The van der Waals surface area contributed by atoms with Gasteiger partial charge in [-0.2, -0.15) is 0 Å². The molecule has 0 aliphatic rings. The molecule has 4 heteroatoms. The van der Waals surface area contributed by atoms with Gasteiger partial charge in [-0.3, -0.25) is 0 Å². The lowest BCUT2D eigenvalue weighted by atomic mass is 9.78. The number of esters is 1. The second-order valence-corrected chi connectivity index (χ2v) is 6.18. The van der Waals surface area contributed by atoms with Crippen LogP contribution >= 0.6 is 12.4 Å². The van der Waals surface area contributed by atoms with Crippen molar-refractivity contribution >= 4 is 18.4 Å². The molecule has 0 fully saturated rings. The van der Waals surface area contributed by atoms with Crippen LogP contribution in [0.5, 0.6) is 0 Å². The third-order valence-electron chi connectivity index (χ3n) is 4.17. The summed E-state index contributed by atoms with van der Waals surface area (Å²) in [6.45, 7) is 3.35. The van der Waals surface area contributed by atoms with E-state index in [0.29, 0.717) is 12.2 Å². The highest BCUT2D eigenvalue weighted by Crippen LogP contribution is 2.29. The van der Waals surface area contributed by atoms with Crippen LogP contribution in [0.25, 0.3) is 0 Å². The summed E-state index contributed by atoms with van der Waals surface area (Å²) in [6, 6.07) is 19.5. The minimum Gasteiger partial charge on any atom is -0.461 e. The number of benzene rings is 2. The second-order valence-electron chi connectivity index (χ2n) is 6.18. The van der Waals surface area contributed by atoms with Crippen molar-refractivity contribution in [2.75, 3.05) is 27.2 Å². The highest BCUT2D eigenvalue weighted by Gasteiger charge is 2.33. The fourth-order valence-electron chi connectivity index (χ4n) is 2.90. The van der Waals surface area contributed by atoms with E-state index in [1.807, 2.05) is 50.5 Å². The van der Waals surface area contributed by atoms with E-state index in [4.69, 9.17) is 4.74 Å². The number of nitrogens with zero attached hydrogens (tertiary/aromatic N) is 1. The molecule has 2 aromatic carbocycles. The Morgan fingerprint density at radius 2 is 1.54 bits per heavy atom. The average Bonchev–Trinajstić information content (AvgIpc) is 2.59. The van der Waals surface area contributed by atoms with Gasteiger partial charge in [0.15, 0.2) is 0 Å². The van der Waals surface area contributed by atoms with Crippen molar-refractivity contribution < 1.29 is 9.53 Å². The summed E-state index contributed by atoms with van der Waals surface area (Å²) in [4.78, 5) is 14.4. The molecule has 0 spiro atoms. The number of carbonyl (C=O) groups is 1. The van der Waals surface area contributed by atoms with Gasteiger partial charge in [-0.1, -0.05) is 55.5 Å². The second kappa shape index (κ2) is 9.45. The van der Waals surface area contributed by atoms with E-state index in [9.17, 15) is 4.79 Å². The number of likely N-dealkylation sites (N-methyl/N-ethyl adjacent to an activating group) is 1. The first-order chi connectivity index (χ1) is 11.1. The highest BCUT2D eigenvalue weighted by atomic mass is 35.5. The molecule has 24 heavy (non-hydrogen) atoms. The Morgan fingerprint density at radius 3 is 2.04 bits per heavy atom. The Balaban J connectivity index is 0.00000288. The van der Waals surface area contributed by atoms with E-state index >= 15 is 0 Å². The van der Waals surface area contributed by atoms with Crippen LogP contribution in [0, 0.1) is 0 Å². The molecule has 1 unspecified atom stereocenters. The van der Waals surface area contributed by atoms with Gasteiger partial charge >= 0.3 is 5.97 Å². The lowest BCUT2D eigenvalue weighted by Gasteiger charge is -2.35. The van der Waals surface area contributed by atoms with Gasteiger partial charge < -0.3 is 9.64 Å². The maximum atomic E-state index is 12.3. The van der Waals surface area contributed by atoms with Crippen LogP contribution in [-0.4, -0.2) is 38.1 Å². The zero-order chi connectivity index (χ0) is 16.7. The maximum absolute atomic E-state index is 12.3. The number of hydrogen-bond acceptors (Lipinski definition) is 3. The van der Waals surface area contributed by atoms with Crippen molar-refractivity contribution in [1.29, 1.82) is 0 Å². The number of ether oxygens (including phenoxy) is 1. The Labute approximate surface area is 151 Å². The van der Waals surface area contributed by atoms with E-state index < -0.39 is 0 Å². The summed E-state index contributed by atoms with van der Waals surface area (Å²) in [5.74, 6) is -0.266. The standard InChI is InChI=1S/C20H25NO2.ClH/c1-4-20(15-21(2)3,18-13-9-6-10-14-18)16-23-19(22)17-11-7-5-8-12-17;/h5-14H,4,15-16H2,1-3H3;1H. The molecule has 0 aliphatic carbocycles. The van der Waals surface area contributed by atoms with Gasteiger partial charge in [-0.15, -0.1) is 12.4 Å². The Bertz CT molecular complexity index is 616. The topological polar surface area (TPSA) is 29.5 Å². The van der Waals surface area contributed by atoms with Crippen molar-refractivity contribution in [2.24, 2.45) is 0 Å². The van der Waals surface area contributed by atoms with Crippen LogP contribution in [0.2, 0.25) is 0 Å². The van der Waals surface area contributed by atoms with E-state index in [1.165, 1.54) is 5.56 Å². The normalized spacial score (nSPS) is 13.0. The monoisotopic (exact) mass is 347 g/mol. The summed E-state index contributed by atoms with van der Waals surface area (Å²) in [7, 11) is 4.10. The molecule has 0 heterocycles. The molecule has 130 valence electrons. The molecule has 0 saturated heterocycles. The molecule has 0 saturated carbocycles. The van der Waals surface area contributed by atoms with Crippen LogP contribution in [0.4, 0.5) is 0 Å². The van der Waals surface area contributed by atoms with E-state index in [-0.39, 0.29) is 23.8 Å². The first-order valence-corrected chi connectivity index (χ1v) is 8.00. The zero-order valence-electron chi connectivity index (χ0n) is 14.6. The zero-order valence-corrected chi connectivity index (χ0v) is 15.4. The fourth-order valence-corrected chi connectivity index (χ4v) is 2.90. The predicted octanol–water partition coefficient (Wildman–Crippen LogP) is 4.17. The van der Waals surface area contributed by atoms with Crippen LogP contribution < -0.4 is 0 Å². The minimum absolute atomic E-state index is 0. The predicted molar refractivity (Wildman–Crippen MR) is 101 cm³/mol. The van der Waals surface area contributed by atoms with Crippen LogP contribution in [-0.2, 0) is 10.2 Å². The van der Waals surface area contributed by atoms with Gasteiger partial charge in [-0.25, -0.2) is 4.79 Å². The lowest BCUT2D eigenvalue weighted by molar-refractivity contribution is 0.0362. The summed E-state index contributed by atoms with van der Waals surface area (Å²) in [5, 5.41) is 0. The molecular weight excluding hydrogens is 322 g/mol. The molecular formula is C20H26ClNO2. The number of halogens is 1. The van der Waals surface area contributed by atoms with Crippen LogP contribution in [0.1, 0.15) is 29.3 Å². The number of rotatable bonds is 7. The first-order valence-electron chi connectivity index (χ1n) is 8.00. The van der Waals surface area contributed by atoms with E-state index in [2.05, 4.69) is 24.0 Å². The third kappa shape index (κ3) is 5.08. The van der Waals surface area contributed by atoms with Gasteiger partial charge in [0.05, 0.1) is 5.56 Å². The first kappa shape index (κ1) is 20.2. The maximum Gasteiger partial charge on any atom is 0.338 e. The van der Waals surface area contributed by atoms with Crippen molar-refractivity contribution in [1.82, 2.24) is 4.90 Å². The molecule has 2 rings (SSSR count). The van der Waals surface area contributed by atoms with Gasteiger partial charge in [0, 0.05) is 12.0 Å². The fraction of sp³-hybridized carbons (Fsp3) is 0.350. The quantitative estimate of drug-likeness (QED) is 0.704. The Kier molecular flexibility index (Phi) is 7.96. The molecule has 2 aromatic rings. The van der Waals surface area contributed by atoms with Gasteiger partial charge in [0.1, 0.15) is 6.61 Å². The Morgan fingerprint density at radius 1 is 1.00 bits per heavy atom. The van der Waals surface area contributed by atoms with Gasteiger partial charge in [-0.05, 0) is 38.2 Å². The SMILES string of the molecule is CCC(COC(=O)c1ccccc1)(CN(C)C)c1ccccc1.Cl. The van der Waals surface area contributed by atoms with Crippen molar-refractivity contribution in [3.8, 4) is 0 Å². The van der Waals surface area contributed by atoms with Crippen LogP contribution in [0.3, 0.4) is 0 Å². The summed E-state index contributed by atoms with van der Waals surface area (Å²) >= 11 is 0. The number of carbonyl (C=O) groups excluding carboxylic acids is 1. The molecule has 1 atom stereocenters.